The molecule has 0 aromatic heterocycles. The number of nitrogens with zero attached hydrogens (tertiary/aromatic N) is 2. The molecule has 1 aliphatic carbocycles. The molecule has 0 spiro atoms. The first-order valence-corrected chi connectivity index (χ1v) is 9.03. The number of carbonyl (C=O) groups excluding carboxylic acids is 3. The van der Waals surface area contributed by atoms with Crippen molar-refractivity contribution in [2.45, 2.75) is 32.2 Å². The summed E-state index contributed by atoms with van der Waals surface area (Å²) in [6.07, 6.45) is 3.08. The van der Waals surface area contributed by atoms with E-state index in [9.17, 15) is 14.4 Å². The van der Waals surface area contributed by atoms with Crippen molar-refractivity contribution in [1.82, 2.24) is 15.1 Å². The normalized spacial score (nSPS) is 17.1. The predicted molar refractivity (Wildman–Crippen MR) is 99.1 cm³/mol. The smallest absolute Gasteiger partial charge is 0.321 e. The van der Waals surface area contributed by atoms with Crippen molar-refractivity contribution in [2.75, 3.05) is 32.5 Å². The molecule has 0 unspecified atom stereocenters. The molecule has 2 N–H and O–H groups in total. The third kappa shape index (κ3) is 3.81. The fourth-order valence-electron chi connectivity index (χ4n) is 3.07. The van der Waals surface area contributed by atoms with E-state index >= 15 is 0 Å². The van der Waals surface area contributed by atoms with Crippen LogP contribution in [-0.2, 0) is 4.79 Å². The highest BCUT2D eigenvalue weighted by Crippen LogP contribution is 2.27. The number of aryl methyl sites for hydroxylation is 1. The van der Waals surface area contributed by atoms with Crippen molar-refractivity contribution in [1.29, 1.82) is 0 Å². The third-order valence-corrected chi connectivity index (χ3v) is 5.12. The van der Waals surface area contributed by atoms with Gasteiger partial charge in [-0.05, 0) is 37.5 Å². The molecule has 1 aromatic carbocycles. The van der Waals surface area contributed by atoms with Crippen LogP contribution in [0.3, 0.4) is 0 Å². The predicted octanol–water partition coefficient (Wildman–Crippen LogP) is 1.83. The van der Waals surface area contributed by atoms with Gasteiger partial charge in [-0.2, -0.15) is 0 Å². The molecular formula is C19H26N4O3. The van der Waals surface area contributed by atoms with Gasteiger partial charge in [0.15, 0.2) is 0 Å². The summed E-state index contributed by atoms with van der Waals surface area (Å²) in [5.74, 6) is 0.174. The van der Waals surface area contributed by atoms with Gasteiger partial charge >= 0.3 is 6.03 Å². The Morgan fingerprint density at radius 3 is 2.42 bits per heavy atom. The van der Waals surface area contributed by atoms with Crippen LogP contribution in [0.25, 0.3) is 0 Å². The zero-order chi connectivity index (χ0) is 18.8. The average Bonchev–Trinajstić information content (AvgIpc) is 2.49. The fraction of sp³-hybridized carbons (Fsp3) is 0.526. The second-order valence-corrected chi connectivity index (χ2v) is 7.40. The summed E-state index contributed by atoms with van der Waals surface area (Å²) in [4.78, 5) is 39.6. The quantitative estimate of drug-likeness (QED) is 0.861. The summed E-state index contributed by atoms with van der Waals surface area (Å²) < 4.78 is 0. The summed E-state index contributed by atoms with van der Waals surface area (Å²) in [6.45, 7) is 2.91. The summed E-state index contributed by atoms with van der Waals surface area (Å²) in [6, 6.07) is 5.10. The SMILES string of the molecule is Cc1ccc(C(=O)N(C)C)cc1NC(=O)N1CC(NC(=O)C2CCC2)C1. The van der Waals surface area contributed by atoms with Crippen molar-refractivity contribution in [2.24, 2.45) is 5.92 Å². The number of hydrogen-bond acceptors (Lipinski definition) is 3. The molecule has 3 rings (SSSR count). The lowest BCUT2D eigenvalue weighted by atomic mass is 9.84. The zero-order valence-corrected chi connectivity index (χ0v) is 15.5. The summed E-state index contributed by atoms with van der Waals surface area (Å²) in [5.41, 5.74) is 2.05. The molecule has 7 heteroatoms. The van der Waals surface area contributed by atoms with Gasteiger partial charge in [-0.1, -0.05) is 12.5 Å². The van der Waals surface area contributed by atoms with Gasteiger partial charge in [0.25, 0.3) is 5.91 Å². The minimum Gasteiger partial charge on any atom is -0.350 e. The molecule has 4 amide bonds. The molecule has 7 nitrogen and oxygen atoms in total. The highest BCUT2D eigenvalue weighted by Gasteiger charge is 2.34. The van der Waals surface area contributed by atoms with E-state index in [-0.39, 0.29) is 29.8 Å². The Morgan fingerprint density at radius 1 is 1.15 bits per heavy atom. The van der Waals surface area contributed by atoms with Gasteiger partial charge in [-0.25, -0.2) is 4.79 Å². The molecule has 2 fully saturated rings. The number of carbonyl (C=O) groups is 3. The van der Waals surface area contributed by atoms with Crippen LogP contribution in [0.5, 0.6) is 0 Å². The Labute approximate surface area is 153 Å². The molecule has 2 aliphatic rings. The lowest BCUT2D eigenvalue weighted by molar-refractivity contribution is -0.129. The molecule has 0 radical (unpaired) electrons. The minimum absolute atomic E-state index is 0.0385. The van der Waals surface area contributed by atoms with Gasteiger partial charge in [-0.3, -0.25) is 9.59 Å². The first kappa shape index (κ1) is 18.2. The summed E-state index contributed by atoms with van der Waals surface area (Å²) in [5, 5.41) is 5.87. The van der Waals surface area contributed by atoms with Crippen LogP contribution in [0.4, 0.5) is 10.5 Å². The lowest BCUT2D eigenvalue weighted by Crippen LogP contribution is -2.62. The van der Waals surface area contributed by atoms with E-state index in [0.717, 1.165) is 24.8 Å². The average molecular weight is 358 g/mol. The Balaban J connectivity index is 1.53. The van der Waals surface area contributed by atoms with Crippen molar-refractivity contribution >= 4 is 23.5 Å². The molecule has 0 atom stereocenters. The Kier molecular flexibility index (Phi) is 5.15. The molecule has 26 heavy (non-hydrogen) atoms. The largest absolute Gasteiger partial charge is 0.350 e. The Hall–Kier alpha value is -2.57. The second kappa shape index (κ2) is 7.35. The number of rotatable bonds is 4. The van der Waals surface area contributed by atoms with E-state index in [2.05, 4.69) is 10.6 Å². The van der Waals surface area contributed by atoms with E-state index < -0.39 is 0 Å². The van der Waals surface area contributed by atoms with E-state index in [1.54, 1.807) is 31.1 Å². The molecule has 1 aromatic rings. The maximum atomic E-state index is 12.4. The monoisotopic (exact) mass is 358 g/mol. The first-order chi connectivity index (χ1) is 12.3. The number of nitrogens with one attached hydrogen (secondary N) is 2. The zero-order valence-electron chi connectivity index (χ0n) is 15.5. The van der Waals surface area contributed by atoms with Crippen LogP contribution < -0.4 is 10.6 Å². The van der Waals surface area contributed by atoms with Crippen molar-refractivity contribution in [3.63, 3.8) is 0 Å². The maximum Gasteiger partial charge on any atom is 0.321 e. The van der Waals surface area contributed by atoms with E-state index in [1.165, 1.54) is 4.90 Å². The van der Waals surface area contributed by atoms with Crippen LogP contribution in [0.2, 0.25) is 0 Å². The van der Waals surface area contributed by atoms with Crippen LogP contribution in [0.1, 0.15) is 35.2 Å². The van der Waals surface area contributed by atoms with Crippen LogP contribution >= 0.6 is 0 Å². The van der Waals surface area contributed by atoms with Crippen molar-refractivity contribution < 1.29 is 14.4 Å². The molecule has 1 saturated heterocycles. The van der Waals surface area contributed by atoms with Gasteiger partial charge in [0.05, 0.1) is 6.04 Å². The minimum atomic E-state index is -0.211. The molecular weight excluding hydrogens is 332 g/mol. The topological polar surface area (TPSA) is 81.8 Å². The number of benzene rings is 1. The fourth-order valence-corrected chi connectivity index (χ4v) is 3.07. The van der Waals surface area contributed by atoms with E-state index in [1.807, 2.05) is 13.0 Å². The molecule has 1 aliphatic heterocycles. The van der Waals surface area contributed by atoms with Gasteiger partial charge in [-0.15, -0.1) is 0 Å². The number of anilines is 1. The van der Waals surface area contributed by atoms with Crippen LogP contribution in [-0.4, -0.2) is 60.9 Å². The lowest BCUT2D eigenvalue weighted by Gasteiger charge is -2.40. The van der Waals surface area contributed by atoms with Crippen LogP contribution in [0.15, 0.2) is 18.2 Å². The number of hydrogen-bond donors (Lipinski definition) is 2. The van der Waals surface area contributed by atoms with Gasteiger partial charge < -0.3 is 20.4 Å². The third-order valence-electron chi connectivity index (χ3n) is 5.12. The number of amides is 4. The molecule has 0 bridgehead atoms. The number of urea groups is 1. The molecule has 1 saturated carbocycles. The highest BCUT2D eigenvalue weighted by atomic mass is 16.2. The van der Waals surface area contributed by atoms with Crippen LogP contribution in [0, 0.1) is 12.8 Å². The molecule has 140 valence electrons. The number of likely N-dealkylation sites (tertiary alicyclic amines) is 1. The standard InChI is InChI=1S/C19H26N4O3/c1-12-7-8-14(18(25)22(2)3)9-16(12)21-19(26)23-10-15(11-23)20-17(24)13-5-4-6-13/h7-9,13,15H,4-6,10-11H2,1-3H3,(H,20,24)(H,21,26). The van der Waals surface area contributed by atoms with Gasteiger partial charge in [0.1, 0.15) is 0 Å². The Bertz CT molecular complexity index is 721. The van der Waals surface area contributed by atoms with Gasteiger partial charge in [0.2, 0.25) is 5.91 Å². The first-order valence-electron chi connectivity index (χ1n) is 9.03. The molecule has 1 heterocycles. The van der Waals surface area contributed by atoms with Crippen molar-refractivity contribution in [3.05, 3.63) is 29.3 Å². The highest BCUT2D eigenvalue weighted by molar-refractivity contribution is 5.97. The second-order valence-electron chi connectivity index (χ2n) is 7.40. The van der Waals surface area contributed by atoms with E-state index in [4.69, 9.17) is 0 Å². The van der Waals surface area contributed by atoms with Gasteiger partial charge in [0, 0.05) is 44.4 Å². The van der Waals surface area contributed by atoms with E-state index in [0.29, 0.717) is 24.3 Å². The summed E-state index contributed by atoms with van der Waals surface area (Å²) in [7, 11) is 3.39. The summed E-state index contributed by atoms with van der Waals surface area (Å²) >= 11 is 0. The Morgan fingerprint density at radius 2 is 1.85 bits per heavy atom. The van der Waals surface area contributed by atoms with Crippen molar-refractivity contribution in [3.8, 4) is 0 Å². The maximum absolute atomic E-state index is 12.4.